The zero-order valence-electron chi connectivity index (χ0n) is 4.91. The molecule has 0 radical (unpaired) electrons. The van der Waals surface area contributed by atoms with Crippen LogP contribution >= 0.6 is 0 Å². The summed E-state index contributed by atoms with van der Waals surface area (Å²) in [5.74, 6) is 0. The Bertz CT molecular complexity index is 25.1. The van der Waals surface area contributed by atoms with E-state index in [1.54, 1.807) is 0 Å². The van der Waals surface area contributed by atoms with Crippen LogP contribution in [0, 0.1) is 0 Å². The second-order valence-corrected chi connectivity index (χ2v) is 1.96. The van der Waals surface area contributed by atoms with E-state index in [1.165, 1.54) is 17.9 Å². The fraction of sp³-hybridized carbons (Fsp3) is 1.00. The van der Waals surface area contributed by atoms with Gasteiger partial charge >= 0.3 is 0 Å². The van der Waals surface area contributed by atoms with E-state index in [-0.39, 0.29) is 0 Å². The van der Waals surface area contributed by atoms with Crippen LogP contribution in [0.2, 0.25) is 0 Å². The summed E-state index contributed by atoms with van der Waals surface area (Å²) in [6.45, 7) is 3.49. The van der Waals surface area contributed by atoms with Gasteiger partial charge in [0.05, 0.1) is 20.6 Å². The Hall–Kier alpha value is -0.0400. The summed E-state index contributed by atoms with van der Waals surface area (Å²) in [7, 11) is 4.34. The lowest BCUT2D eigenvalue weighted by molar-refractivity contribution is -0.858. The van der Waals surface area contributed by atoms with Crippen molar-refractivity contribution in [1.29, 1.82) is 0 Å². The fourth-order valence-corrected chi connectivity index (χ4v) is 0.500. The Morgan fingerprint density at radius 1 is 1.33 bits per heavy atom. The van der Waals surface area contributed by atoms with E-state index in [0.29, 0.717) is 0 Å². The normalized spacial score (nSPS) is 10.0. The average Bonchev–Trinajstić information content (AvgIpc) is 1.35. The Morgan fingerprint density at radius 3 is 1.83 bits per heavy atom. The lowest BCUT2D eigenvalue weighted by Crippen LogP contribution is -3.05. The Labute approximate surface area is 40.0 Å². The molecule has 0 rings (SSSR count). The van der Waals surface area contributed by atoms with Crippen molar-refractivity contribution in [2.45, 2.75) is 13.3 Å². The highest BCUT2D eigenvalue weighted by Crippen LogP contribution is 1.58. The van der Waals surface area contributed by atoms with Crippen molar-refractivity contribution in [3.8, 4) is 0 Å². The highest BCUT2D eigenvalue weighted by atomic mass is 15.0. The van der Waals surface area contributed by atoms with Crippen molar-refractivity contribution in [3.63, 3.8) is 0 Å². The maximum atomic E-state index is 2.20. The van der Waals surface area contributed by atoms with Gasteiger partial charge in [0.1, 0.15) is 0 Å². The SMILES string of the molecule is CCC[NH+](C)C. The topological polar surface area (TPSA) is 4.44 Å². The Morgan fingerprint density at radius 2 is 1.83 bits per heavy atom. The van der Waals surface area contributed by atoms with E-state index in [4.69, 9.17) is 0 Å². The quantitative estimate of drug-likeness (QED) is 0.466. The second kappa shape index (κ2) is 3.16. The molecule has 0 aromatic rings. The number of quaternary nitrogens is 1. The zero-order chi connectivity index (χ0) is 4.99. The lowest BCUT2D eigenvalue weighted by Gasteiger charge is -2.01. The summed E-state index contributed by atoms with van der Waals surface area (Å²) in [5, 5.41) is 0. The van der Waals surface area contributed by atoms with Crippen molar-refractivity contribution < 1.29 is 4.90 Å². The van der Waals surface area contributed by atoms with Gasteiger partial charge in [0.15, 0.2) is 0 Å². The molecule has 0 amide bonds. The molecule has 0 aromatic heterocycles. The van der Waals surface area contributed by atoms with E-state index >= 15 is 0 Å². The van der Waals surface area contributed by atoms with Gasteiger partial charge in [-0.2, -0.15) is 0 Å². The van der Waals surface area contributed by atoms with Crippen LogP contribution in [0.3, 0.4) is 0 Å². The molecule has 38 valence electrons. The maximum absolute atomic E-state index is 2.20. The first-order valence-electron chi connectivity index (χ1n) is 2.56. The molecule has 0 unspecified atom stereocenters. The number of rotatable bonds is 2. The van der Waals surface area contributed by atoms with E-state index in [2.05, 4.69) is 21.0 Å². The summed E-state index contributed by atoms with van der Waals surface area (Å²) in [6, 6.07) is 0. The molecular weight excluding hydrogens is 74.1 g/mol. The first-order valence-corrected chi connectivity index (χ1v) is 2.56. The van der Waals surface area contributed by atoms with Gasteiger partial charge in [-0.25, -0.2) is 0 Å². The predicted octanol–water partition coefficient (Wildman–Crippen LogP) is -0.459. The van der Waals surface area contributed by atoms with Crippen LogP contribution in [0.1, 0.15) is 13.3 Å². The molecule has 0 saturated heterocycles. The summed E-state index contributed by atoms with van der Waals surface area (Å²) < 4.78 is 0. The van der Waals surface area contributed by atoms with Crippen LogP contribution in [-0.4, -0.2) is 20.6 Å². The van der Waals surface area contributed by atoms with Gasteiger partial charge in [-0.3, -0.25) is 0 Å². The predicted molar refractivity (Wildman–Crippen MR) is 28.0 cm³/mol. The van der Waals surface area contributed by atoms with E-state index < -0.39 is 0 Å². The maximum Gasteiger partial charge on any atom is 0.0764 e. The molecule has 0 bridgehead atoms. The van der Waals surface area contributed by atoms with Crippen LogP contribution in [0.15, 0.2) is 0 Å². The Kier molecular flexibility index (Phi) is 3.14. The highest BCUT2D eigenvalue weighted by Gasteiger charge is 1.83. The molecule has 1 heteroatoms. The van der Waals surface area contributed by atoms with Crippen molar-refractivity contribution >= 4 is 0 Å². The third-order valence-corrected chi connectivity index (χ3v) is 0.750. The molecule has 0 heterocycles. The first kappa shape index (κ1) is 5.96. The van der Waals surface area contributed by atoms with E-state index in [0.717, 1.165) is 0 Å². The molecule has 0 spiro atoms. The minimum Gasteiger partial charge on any atom is -0.340 e. The van der Waals surface area contributed by atoms with E-state index in [9.17, 15) is 0 Å². The summed E-state index contributed by atoms with van der Waals surface area (Å²) >= 11 is 0. The number of hydrogen-bond donors (Lipinski definition) is 1. The standard InChI is InChI=1S/C5H13N/c1-4-5-6(2)3/h4-5H2,1-3H3/p+1. The van der Waals surface area contributed by atoms with Crippen LogP contribution < -0.4 is 4.90 Å². The zero-order valence-corrected chi connectivity index (χ0v) is 4.91. The minimum atomic E-state index is 1.29. The van der Waals surface area contributed by atoms with Crippen LogP contribution in [0.5, 0.6) is 0 Å². The van der Waals surface area contributed by atoms with Crippen molar-refractivity contribution in [2.75, 3.05) is 20.6 Å². The van der Waals surface area contributed by atoms with Crippen LogP contribution in [0.4, 0.5) is 0 Å². The van der Waals surface area contributed by atoms with E-state index in [1.807, 2.05) is 0 Å². The van der Waals surface area contributed by atoms with Crippen molar-refractivity contribution in [2.24, 2.45) is 0 Å². The number of hydrogen-bond acceptors (Lipinski definition) is 0. The monoisotopic (exact) mass is 88.1 g/mol. The molecule has 0 saturated carbocycles. The molecule has 1 N–H and O–H groups in total. The van der Waals surface area contributed by atoms with Crippen molar-refractivity contribution in [3.05, 3.63) is 0 Å². The van der Waals surface area contributed by atoms with Gasteiger partial charge < -0.3 is 4.90 Å². The minimum absolute atomic E-state index is 1.29. The van der Waals surface area contributed by atoms with Gasteiger partial charge in [-0.05, 0) is 6.42 Å². The largest absolute Gasteiger partial charge is 0.340 e. The second-order valence-electron chi connectivity index (χ2n) is 1.96. The molecule has 0 atom stereocenters. The molecular formula is C5H14N+. The molecule has 0 aliphatic heterocycles. The smallest absolute Gasteiger partial charge is 0.0764 e. The Balaban J connectivity index is 2.63. The number of nitrogens with one attached hydrogen (secondary N) is 1. The third kappa shape index (κ3) is 3.96. The molecule has 0 fully saturated rings. The molecule has 0 aromatic carbocycles. The summed E-state index contributed by atoms with van der Waals surface area (Å²) in [5.41, 5.74) is 0. The van der Waals surface area contributed by atoms with Gasteiger partial charge in [-0.1, -0.05) is 6.92 Å². The summed E-state index contributed by atoms with van der Waals surface area (Å²) in [6.07, 6.45) is 1.29. The van der Waals surface area contributed by atoms with Gasteiger partial charge in [0.2, 0.25) is 0 Å². The summed E-state index contributed by atoms with van der Waals surface area (Å²) in [4.78, 5) is 1.54. The van der Waals surface area contributed by atoms with Gasteiger partial charge in [0.25, 0.3) is 0 Å². The molecule has 0 aliphatic carbocycles. The van der Waals surface area contributed by atoms with Crippen LogP contribution in [0.25, 0.3) is 0 Å². The highest BCUT2D eigenvalue weighted by molar-refractivity contribution is 4.13. The van der Waals surface area contributed by atoms with Gasteiger partial charge in [-0.15, -0.1) is 0 Å². The molecule has 0 aliphatic rings. The fourth-order valence-electron chi connectivity index (χ4n) is 0.500. The first-order chi connectivity index (χ1) is 2.77. The molecule has 1 nitrogen and oxygen atoms in total. The van der Waals surface area contributed by atoms with Crippen molar-refractivity contribution in [1.82, 2.24) is 0 Å². The lowest BCUT2D eigenvalue weighted by atomic mass is 10.5. The molecule has 6 heavy (non-hydrogen) atoms. The average molecular weight is 88.2 g/mol. The van der Waals surface area contributed by atoms with Crippen LogP contribution in [-0.2, 0) is 0 Å². The third-order valence-electron chi connectivity index (χ3n) is 0.750. The van der Waals surface area contributed by atoms with Gasteiger partial charge in [0, 0.05) is 0 Å².